The molecule has 6 heteroatoms. The number of amides is 1. The molecule has 0 unspecified atom stereocenters. The van der Waals surface area contributed by atoms with E-state index in [0.717, 1.165) is 11.6 Å². The first-order valence-electron chi connectivity index (χ1n) is 5.79. The minimum absolute atomic E-state index is 0.0716. The molecule has 0 aromatic heterocycles. The Morgan fingerprint density at radius 2 is 2.00 bits per heavy atom. The number of carbonyl (C=O) groups is 1. The van der Waals surface area contributed by atoms with Gasteiger partial charge in [-0.15, -0.1) is 0 Å². The predicted molar refractivity (Wildman–Crippen MR) is 77.2 cm³/mol. The quantitative estimate of drug-likeness (QED) is 0.690. The lowest BCUT2D eigenvalue weighted by Crippen LogP contribution is -2.12. The van der Waals surface area contributed by atoms with Gasteiger partial charge in [-0.2, -0.15) is 0 Å². The molecule has 0 saturated heterocycles. The standard InChI is InChI=1S/C14H11ClN2O3/c1-9-3-2-4-10(7-9)16-14(18)12-8-11(17(19)20)5-6-13(12)15/h2-8H,1H3,(H,16,18). The third-order valence-corrected chi connectivity index (χ3v) is 3.01. The average molecular weight is 291 g/mol. The van der Waals surface area contributed by atoms with E-state index in [-0.39, 0.29) is 16.3 Å². The monoisotopic (exact) mass is 290 g/mol. The molecule has 2 aromatic carbocycles. The van der Waals surface area contributed by atoms with E-state index in [2.05, 4.69) is 5.32 Å². The maximum absolute atomic E-state index is 12.1. The van der Waals surface area contributed by atoms with Gasteiger partial charge in [0.15, 0.2) is 0 Å². The van der Waals surface area contributed by atoms with Crippen LogP contribution >= 0.6 is 11.6 Å². The number of anilines is 1. The minimum atomic E-state index is -0.570. The fourth-order valence-electron chi connectivity index (χ4n) is 1.72. The molecule has 0 aliphatic heterocycles. The second kappa shape index (κ2) is 5.71. The van der Waals surface area contributed by atoms with Gasteiger partial charge in [0.2, 0.25) is 0 Å². The van der Waals surface area contributed by atoms with Crippen LogP contribution in [0.15, 0.2) is 42.5 Å². The van der Waals surface area contributed by atoms with Crippen molar-refractivity contribution in [1.29, 1.82) is 0 Å². The Bertz CT molecular complexity index is 686. The fourth-order valence-corrected chi connectivity index (χ4v) is 1.93. The number of hydrogen-bond donors (Lipinski definition) is 1. The Labute approximate surface area is 120 Å². The summed E-state index contributed by atoms with van der Waals surface area (Å²) in [6, 6.07) is 11.0. The van der Waals surface area contributed by atoms with Gasteiger partial charge in [-0.25, -0.2) is 0 Å². The molecule has 2 rings (SSSR count). The van der Waals surface area contributed by atoms with Gasteiger partial charge in [0.05, 0.1) is 15.5 Å². The SMILES string of the molecule is Cc1cccc(NC(=O)c2cc([N+](=O)[O-])ccc2Cl)c1. The highest BCUT2D eigenvalue weighted by molar-refractivity contribution is 6.34. The van der Waals surface area contributed by atoms with Crippen LogP contribution in [0, 0.1) is 17.0 Å². The van der Waals surface area contributed by atoms with E-state index in [0.29, 0.717) is 5.69 Å². The molecular formula is C14H11ClN2O3. The van der Waals surface area contributed by atoms with Crippen LogP contribution in [0.2, 0.25) is 5.02 Å². The summed E-state index contributed by atoms with van der Waals surface area (Å²) in [4.78, 5) is 22.3. The summed E-state index contributed by atoms with van der Waals surface area (Å²) >= 11 is 5.91. The maximum atomic E-state index is 12.1. The summed E-state index contributed by atoms with van der Waals surface area (Å²) in [6.45, 7) is 1.90. The summed E-state index contributed by atoms with van der Waals surface area (Å²) in [5.74, 6) is -0.482. The second-order valence-corrected chi connectivity index (χ2v) is 4.65. The Kier molecular flexibility index (Phi) is 4.00. The molecular weight excluding hydrogens is 280 g/mol. The topological polar surface area (TPSA) is 72.2 Å². The van der Waals surface area contributed by atoms with Crippen molar-refractivity contribution in [3.63, 3.8) is 0 Å². The smallest absolute Gasteiger partial charge is 0.270 e. The van der Waals surface area contributed by atoms with E-state index in [4.69, 9.17) is 11.6 Å². The molecule has 0 bridgehead atoms. The summed E-state index contributed by atoms with van der Waals surface area (Å²) in [7, 11) is 0. The number of halogens is 1. The number of nitrogens with zero attached hydrogens (tertiary/aromatic N) is 1. The number of nitro groups is 1. The molecule has 0 aliphatic rings. The summed E-state index contributed by atoms with van der Waals surface area (Å²) in [6.07, 6.45) is 0. The van der Waals surface area contributed by atoms with Crippen LogP contribution in [-0.4, -0.2) is 10.8 Å². The fraction of sp³-hybridized carbons (Fsp3) is 0.0714. The van der Waals surface area contributed by atoms with Crippen molar-refractivity contribution in [2.45, 2.75) is 6.92 Å². The van der Waals surface area contributed by atoms with Crippen LogP contribution in [-0.2, 0) is 0 Å². The zero-order chi connectivity index (χ0) is 14.7. The van der Waals surface area contributed by atoms with Gasteiger partial charge in [0.1, 0.15) is 0 Å². The van der Waals surface area contributed by atoms with E-state index in [1.807, 2.05) is 13.0 Å². The van der Waals surface area contributed by atoms with E-state index < -0.39 is 10.8 Å². The van der Waals surface area contributed by atoms with Crippen molar-refractivity contribution in [3.05, 3.63) is 68.7 Å². The third-order valence-electron chi connectivity index (χ3n) is 2.68. The van der Waals surface area contributed by atoms with E-state index in [9.17, 15) is 14.9 Å². The number of benzene rings is 2. The number of hydrogen-bond acceptors (Lipinski definition) is 3. The molecule has 0 atom stereocenters. The lowest BCUT2D eigenvalue weighted by molar-refractivity contribution is -0.384. The molecule has 0 fully saturated rings. The normalized spacial score (nSPS) is 10.1. The summed E-state index contributed by atoms with van der Waals surface area (Å²) in [5, 5.41) is 13.5. The number of nitro benzene ring substituents is 1. The van der Waals surface area contributed by atoms with Gasteiger partial charge in [-0.3, -0.25) is 14.9 Å². The van der Waals surface area contributed by atoms with Crippen molar-refractivity contribution in [1.82, 2.24) is 0 Å². The lowest BCUT2D eigenvalue weighted by atomic mass is 10.1. The van der Waals surface area contributed by atoms with Crippen molar-refractivity contribution in [2.75, 3.05) is 5.32 Å². The van der Waals surface area contributed by atoms with Gasteiger partial charge in [-0.05, 0) is 30.7 Å². The molecule has 2 aromatic rings. The van der Waals surface area contributed by atoms with E-state index in [1.54, 1.807) is 18.2 Å². The van der Waals surface area contributed by atoms with Crippen LogP contribution in [0.3, 0.4) is 0 Å². The average Bonchev–Trinajstić information content (AvgIpc) is 2.38. The zero-order valence-corrected chi connectivity index (χ0v) is 11.3. The minimum Gasteiger partial charge on any atom is -0.322 e. The first-order chi connectivity index (χ1) is 9.47. The van der Waals surface area contributed by atoms with Gasteiger partial charge < -0.3 is 5.32 Å². The molecule has 20 heavy (non-hydrogen) atoms. The van der Waals surface area contributed by atoms with Crippen LogP contribution in [0.1, 0.15) is 15.9 Å². The Morgan fingerprint density at radius 1 is 1.25 bits per heavy atom. The number of nitrogens with one attached hydrogen (secondary N) is 1. The zero-order valence-electron chi connectivity index (χ0n) is 10.6. The van der Waals surface area contributed by atoms with Crippen LogP contribution < -0.4 is 5.32 Å². The molecule has 0 aliphatic carbocycles. The first kappa shape index (κ1) is 14.0. The molecule has 1 amide bonds. The molecule has 5 nitrogen and oxygen atoms in total. The van der Waals surface area contributed by atoms with E-state index >= 15 is 0 Å². The summed E-state index contributed by atoms with van der Waals surface area (Å²) < 4.78 is 0. The Morgan fingerprint density at radius 3 is 2.65 bits per heavy atom. The molecule has 102 valence electrons. The van der Waals surface area contributed by atoms with Gasteiger partial charge in [0, 0.05) is 17.8 Å². The Hall–Kier alpha value is -2.40. The van der Waals surface area contributed by atoms with Gasteiger partial charge in [-0.1, -0.05) is 23.7 Å². The largest absolute Gasteiger partial charge is 0.322 e. The molecule has 1 N–H and O–H groups in total. The number of aryl methyl sites for hydroxylation is 1. The number of rotatable bonds is 3. The highest BCUT2D eigenvalue weighted by Crippen LogP contribution is 2.23. The predicted octanol–water partition coefficient (Wildman–Crippen LogP) is 3.81. The number of non-ortho nitro benzene ring substituents is 1. The molecule has 0 heterocycles. The van der Waals surface area contributed by atoms with Crippen LogP contribution in [0.5, 0.6) is 0 Å². The highest BCUT2D eigenvalue weighted by Gasteiger charge is 2.15. The van der Waals surface area contributed by atoms with Gasteiger partial charge >= 0.3 is 0 Å². The van der Waals surface area contributed by atoms with Crippen molar-refractivity contribution in [3.8, 4) is 0 Å². The van der Waals surface area contributed by atoms with Crippen molar-refractivity contribution < 1.29 is 9.72 Å². The molecule has 0 saturated carbocycles. The third kappa shape index (κ3) is 3.13. The van der Waals surface area contributed by atoms with Crippen molar-refractivity contribution >= 4 is 28.9 Å². The second-order valence-electron chi connectivity index (χ2n) is 4.24. The Balaban J connectivity index is 2.29. The molecule has 0 radical (unpaired) electrons. The highest BCUT2D eigenvalue weighted by atomic mass is 35.5. The first-order valence-corrected chi connectivity index (χ1v) is 6.17. The number of carbonyl (C=O) groups excluding carboxylic acids is 1. The van der Waals surface area contributed by atoms with E-state index in [1.165, 1.54) is 12.1 Å². The van der Waals surface area contributed by atoms with Crippen molar-refractivity contribution in [2.24, 2.45) is 0 Å². The summed E-state index contributed by atoms with van der Waals surface area (Å²) in [5.41, 5.74) is 1.50. The molecule has 0 spiro atoms. The van der Waals surface area contributed by atoms with Gasteiger partial charge in [0.25, 0.3) is 11.6 Å². The maximum Gasteiger partial charge on any atom is 0.270 e. The lowest BCUT2D eigenvalue weighted by Gasteiger charge is -2.07. The van der Waals surface area contributed by atoms with Crippen LogP contribution in [0.4, 0.5) is 11.4 Å². The van der Waals surface area contributed by atoms with Crippen LogP contribution in [0.25, 0.3) is 0 Å².